The highest BCUT2D eigenvalue weighted by atomic mass is 35.5. The molecule has 1 aromatic rings. The van der Waals surface area contributed by atoms with E-state index in [4.69, 9.17) is 38.8 Å². The van der Waals surface area contributed by atoms with Crippen LogP contribution in [0.15, 0.2) is 24.3 Å². The second-order valence-electron chi connectivity index (χ2n) is 5.88. The number of halogens is 2. The minimum Gasteiger partial charge on any atom is -0.480 e. The molecule has 11 nitrogen and oxygen atoms in total. The molecular formula is C16H19Cl2N3O8. The number of rotatable bonds is 11. The van der Waals surface area contributed by atoms with Crippen LogP contribution in [-0.4, -0.2) is 56.7 Å². The molecule has 1 aromatic carbocycles. The number of amides is 1. The molecule has 160 valence electrons. The summed E-state index contributed by atoms with van der Waals surface area (Å²) < 4.78 is 5.03. The Kier molecular flexibility index (Phi) is 9.75. The van der Waals surface area contributed by atoms with Crippen LogP contribution >= 0.6 is 23.2 Å². The fourth-order valence-electron chi connectivity index (χ4n) is 2.17. The third-order valence-corrected chi connectivity index (χ3v) is 4.20. The van der Waals surface area contributed by atoms with Crippen molar-refractivity contribution in [3.8, 4) is 0 Å². The number of carbonyl (C=O) groups is 3. The molecule has 0 radical (unpaired) electrons. The first-order valence-corrected chi connectivity index (χ1v) is 9.05. The Morgan fingerprint density at radius 3 is 2.31 bits per heavy atom. The molecule has 0 spiro atoms. The standard InChI is InChI=1S/C16H19Cl2N3O8/c17-13(18)15(24)20-14(23)10(8-1-3-9(4-2-8)21(27)28)7-29-12(22)6-5-11(19)16(25)26/h1-4,10-11,13-14,23H,5-7,19H2,(H,20,24)(H,25,26). The number of nitro groups is 1. The number of hydrogen-bond donors (Lipinski definition) is 4. The molecule has 0 aliphatic rings. The molecule has 3 atom stereocenters. The van der Waals surface area contributed by atoms with Gasteiger partial charge in [0.2, 0.25) is 0 Å². The van der Waals surface area contributed by atoms with Crippen molar-refractivity contribution in [3.63, 3.8) is 0 Å². The zero-order valence-corrected chi connectivity index (χ0v) is 16.4. The number of non-ortho nitro benzene ring substituents is 1. The monoisotopic (exact) mass is 451 g/mol. The van der Waals surface area contributed by atoms with E-state index in [1.54, 1.807) is 0 Å². The van der Waals surface area contributed by atoms with E-state index in [1.807, 2.05) is 0 Å². The first-order valence-electron chi connectivity index (χ1n) is 8.17. The lowest BCUT2D eigenvalue weighted by molar-refractivity contribution is -0.384. The molecule has 0 aliphatic heterocycles. The lowest BCUT2D eigenvalue weighted by Gasteiger charge is -2.24. The smallest absolute Gasteiger partial charge is 0.320 e. The highest BCUT2D eigenvalue weighted by Gasteiger charge is 2.27. The Balaban J connectivity index is 2.87. The van der Waals surface area contributed by atoms with E-state index < -0.39 is 52.4 Å². The summed E-state index contributed by atoms with van der Waals surface area (Å²) in [5.41, 5.74) is 5.42. The van der Waals surface area contributed by atoms with E-state index in [-0.39, 0.29) is 18.5 Å². The first-order chi connectivity index (χ1) is 13.5. The first kappa shape index (κ1) is 24.6. The van der Waals surface area contributed by atoms with Crippen LogP contribution in [-0.2, 0) is 19.1 Å². The fourth-order valence-corrected chi connectivity index (χ4v) is 2.30. The number of alkyl halides is 2. The molecule has 29 heavy (non-hydrogen) atoms. The fraction of sp³-hybridized carbons (Fsp3) is 0.438. The normalized spacial score (nSPS) is 14.0. The van der Waals surface area contributed by atoms with Crippen molar-refractivity contribution < 1.29 is 34.3 Å². The Bertz CT molecular complexity index is 744. The quantitative estimate of drug-likeness (QED) is 0.123. The molecular weight excluding hydrogens is 433 g/mol. The second kappa shape index (κ2) is 11.5. The minimum atomic E-state index is -1.59. The number of nitrogens with zero attached hydrogens (tertiary/aromatic N) is 1. The molecule has 1 rings (SSSR count). The maximum absolute atomic E-state index is 11.8. The van der Waals surface area contributed by atoms with Gasteiger partial charge in [-0.1, -0.05) is 35.3 Å². The van der Waals surface area contributed by atoms with Crippen LogP contribution in [0.3, 0.4) is 0 Å². The summed E-state index contributed by atoms with van der Waals surface area (Å²) in [7, 11) is 0. The van der Waals surface area contributed by atoms with E-state index in [2.05, 4.69) is 5.32 Å². The number of carbonyl (C=O) groups excluding carboxylic acids is 2. The highest BCUT2D eigenvalue weighted by Crippen LogP contribution is 2.23. The van der Waals surface area contributed by atoms with Crippen molar-refractivity contribution in [3.05, 3.63) is 39.9 Å². The number of aliphatic hydroxyl groups excluding tert-OH is 1. The summed E-state index contributed by atoms with van der Waals surface area (Å²) in [5, 5.41) is 31.9. The predicted octanol–water partition coefficient (Wildman–Crippen LogP) is 0.652. The number of esters is 1. The summed E-state index contributed by atoms with van der Waals surface area (Å²) >= 11 is 10.8. The molecule has 0 bridgehead atoms. The summed E-state index contributed by atoms with van der Waals surface area (Å²) in [6.07, 6.45) is -2.03. The molecule has 0 aliphatic carbocycles. The van der Waals surface area contributed by atoms with Crippen LogP contribution in [0.5, 0.6) is 0 Å². The van der Waals surface area contributed by atoms with Crippen LogP contribution in [0, 0.1) is 10.1 Å². The van der Waals surface area contributed by atoms with Gasteiger partial charge in [-0.15, -0.1) is 0 Å². The van der Waals surface area contributed by atoms with Crippen molar-refractivity contribution >= 4 is 46.7 Å². The average molecular weight is 452 g/mol. The zero-order chi connectivity index (χ0) is 22.1. The third-order valence-electron chi connectivity index (χ3n) is 3.80. The maximum Gasteiger partial charge on any atom is 0.320 e. The second-order valence-corrected chi connectivity index (χ2v) is 6.97. The number of nitrogens with one attached hydrogen (secondary N) is 1. The van der Waals surface area contributed by atoms with Crippen LogP contribution in [0.25, 0.3) is 0 Å². The highest BCUT2D eigenvalue weighted by molar-refractivity contribution is 6.53. The molecule has 0 aromatic heterocycles. The van der Waals surface area contributed by atoms with Gasteiger partial charge in [0.05, 0.1) is 10.8 Å². The Labute approximate surface area is 174 Å². The van der Waals surface area contributed by atoms with Crippen molar-refractivity contribution in [1.82, 2.24) is 5.32 Å². The van der Waals surface area contributed by atoms with E-state index in [0.717, 1.165) is 0 Å². The van der Waals surface area contributed by atoms with Crippen molar-refractivity contribution in [1.29, 1.82) is 0 Å². The van der Waals surface area contributed by atoms with E-state index in [1.165, 1.54) is 24.3 Å². The van der Waals surface area contributed by atoms with Gasteiger partial charge in [-0.05, 0) is 12.0 Å². The molecule has 5 N–H and O–H groups in total. The van der Waals surface area contributed by atoms with E-state index in [9.17, 15) is 29.6 Å². The Morgan fingerprint density at radius 2 is 1.83 bits per heavy atom. The number of carboxylic acids is 1. The van der Waals surface area contributed by atoms with Crippen LogP contribution in [0.2, 0.25) is 0 Å². The van der Waals surface area contributed by atoms with Gasteiger partial charge in [0.1, 0.15) is 18.9 Å². The topological polar surface area (TPSA) is 182 Å². The number of ether oxygens (including phenoxy) is 1. The van der Waals surface area contributed by atoms with Gasteiger partial charge in [-0.3, -0.25) is 24.5 Å². The van der Waals surface area contributed by atoms with Crippen molar-refractivity contribution in [2.45, 2.75) is 35.9 Å². The van der Waals surface area contributed by atoms with Crippen molar-refractivity contribution in [2.75, 3.05) is 6.61 Å². The number of hydrogen-bond acceptors (Lipinski definition) is 8. The van der Waals surface area contributed by atoms with Gasteiger partial charge < -0.3 is 26.0 Å². The Morgan fingerprint density at radius 1 is 1.24 bits per heavy atom. The largest absolute Gasteiger partial charge is 0.480 e. The average Bonchev–Trinajstić information content (AvgIpc) is 2.66. The molecule has 0 saturated carbocycles. The number of aliphatic hydroxyl groups is 1. The Hall–Kier alpha value is -2.47. The van der Waals surface area contributed by atoms with E-state index >= 15 is 0 Å². The zero-order valence-electron chi connectivity index (χ0n) is 14.9. The molecule has 0 saturated heterocycles. The lowest BCUT2D eigenvalue weighted by Crippen LogP contribution is -2.43. The van der Waals surface area contributed by atoms with Gasteiger partial charge in [-0.2, -0.15) is 0 Å². The molecule has 3 unspecified atom stereocenters. The summed E-state index contributed by atoms with van der Waals surface area (Å²) in [6.45, 7) is -0.421. The van der Waals surface area contributed by atoms with Gasteiger partial charge in [0.25, 0.3) is 11.6 Å². The van der Waals surface area contributed by atoms with Crippen LogP contribution < -0.4 is 11.1 Å². The lowest BCUT2D eigenvalue weighted by atomic mass is 9.97. The predicted molar refractivity (Wildman–Crippen MR) is 101 cm³/mol. The van der Waals surface area contributed by atoms with Gasteiger partial charge in [0, 0.05) is 18.6 Å². The van der Waals surface area contributed by atoms with Crippen LogP contribution in [0.1, 0.15) is 24.3 Å². The van der Waals surface area contributed by atoms with Crippen molar-refractivity contribution in [2.24, 2.45) is 5.73 Å². The molecule has 1 amide bonds. The van der Waals surface area contributed by atoms with Gasteiger partial charge in [-0.25, -0.2) is 0 Å². The summed E-state index contributed by atoms with van der Waals surface area (Å²) in [4.78, 5) is 42.8. The van der Waals surface area contributed by atoms with E-state index in [0.29, 0.717) is 5.56 Å². The SMILES string of the molecule is NC(CCC(=O)OCC(c1ccc([N+](=O)[O-])cc1)C(O)NC(=O)C(Cl)Cl)C(=O)O. The third kappa shape index (κ3) is 8.20. The van der Waals surface area contributed by atoms with Crippen LogP contribution in [0.4, 0.5) is 5.69 Å². The summed E-state index contributed by atoms with van der Waals surface area (Å²) in [6, 6.07) is 3.77. The summed E-state index contributed by atoms with van der Waals surface area (Å²) in [5.74, 6) is -3.95. The molecule has 0 fully saturated rings. The maximum atomic E-state index is 11.8. The minimum absolute atomic E-state index is 0.157. The van der Waals surface area contributed by atoms with Gasteiger partial charge in [0.15, 0.2) is 4.84 Å². The number of aliphatic carboxylic acids is 1. The number of nitrogens with two attached hydrogens (primary N) is 1. The number of nitro benzene ring substituents is 1. The number of carboxylic acid groups (broad SMARTS) is 1. The number of benzene rings is 1. The van der Waals surface area contributed by atoms with Gasteiger partial charge >= 0.3 is 11.9 Å². The molecule has 0 heterocycles. The molecule has 13 heteroatoms.